The van der Waals surface area contributed by atoms with Crippen molar-refractivity contribution in [1.29, 1.82) is 0 Å². The lowest BCUT2D eigenvalue weighted by molar-refractivity contribution is 0.0468. The molecule has 1 aliphatic rings. The van der Waals surface area contributed by atoms with Crippen molar-refractivity contribution in [2.24, 2.45) is 0 Å². The van der Waals surface area contributed by atoms with Crippen LogP contribution in [-0.4, -0.2) is 66.9 Å². The molecule has 1 aliphatic heterocycles. The van der Waals surface area contributed by atoms with E-state index in [2.05, 4.69) is 16.7 Å². The van der Waals surface area contributed by atoms with Crippen molar-refractivity contribution in [2.45, 2.75) is 26.9 Å². The Hall–Kier alpha value is -1.10. The Morgan fingerprint density at radius 3 is 2.24 bits per heavy atom. The molecule has 0 aromatic heterocycles. The SMILES string of the molecule is CCN1CCN(CC(O)COc2c(C)cccc2C)CC1. The number of likely N-dealkylation sites (N-methyl/N-ethyl adjacent to an activating group) is 1. The van der Waals surface area contributed by atoms with Crippen molar-refractivity contribution >= 4 is 0 Å². The Morgan fingerprint density at radius 1 is 1.10 bits per heavy atom. The molecule has 1 aromatic rings. The van der Waals surface area contributed by atoms with Gasteiger partial charge in [0.15, 0.2) is 0 Å². The maximum atomic E-state index is 10.2. The molecular formula is C17H28N2O2. The molecule has 1 aromatic carbocycles. The molecule has 1 unspecified atom stereocenters. The van der Waals surface area contributed by atoms with Crippen LogP contribution in [0.2, 0.25) is 0 Å². The lowest BCUT2D eigenvalue weighted by atomic mass is 10.1. The highest BCUT2D eigenvalue weighted by Crippen LogP contribution is 2.22. The van der Waals surface area contributed by atoms with Gasteiger partial charge in [-0.15, -0.1) is 0 Å². The number of hydrogen-bond acceptors (Lipinski definition) is 4. The fourth-order valence-electron chi connectivity index (χ4n) is 2.85. The normalized spacial score (nSPS) is 18.7. The largest absolute Gasteiger partial charge is 0.490 e. The number of hydrogen-bond donors (Lipinski definition) is 1. The van der Waals surface area contributed by atoms with E-state index in [4.69, 9.17) is 4.74 Å². The molecule has 0 saturated carbocycles. The molecule has 0 radical (unpaired) electrons. The summed E-state index contributed by atoms with van der Waals surface area (Å²) in [6.07, 6.45) is -0.433. The quantitative estimate of drug-likeness (QED) is 0.865. The van der Waals surface area contributed by atoms with Gasteiger partial charge in [0.2, 0.25) is 0 Å². The van der Waals surface area contributed by atoms with Crippen LogP contribution in [-0.2, 0) is 0 Å². The molecule has 1 saturated heterocycles. The number of β-amino-alcohol motifs (C(OH)–C–C–N with tert-alkyl or cyclic N) is 1. The minimum Gasteiger partial charge on any atom is -0.490 e. The van der Waals surface area contributed by atoms with Crippen LogP contribution in [0.15, 0.2) is 18.2 Å². The molecule has 4 nitrogen and oxygen atoms in total. The monoisotopic (exact) mass is 292 g/mol. The smallest absolute Gasteiger partial charge is 0.125 e. The molecule has 1 atom stereocenters. The molecule has 0 spiro atoms. The van der Waals surface area contributed by atoms with Crippen molar-refractivity contribution in [3.05, 3.63) is 29.3 Å². The molecule has 2 rings (SSSR count). The summed E-state index contributed by atoms with van der Waals surface area (Å²) in [5.41, 5.74) is 2.25. The zero-order valence-electron chi connectivity index (χ0n) is 13.5. The second-order valence-corrected chi connectivity index (χ2v) is 5.92. The average molecular weight is 292 g/mol. The van der Waals surface area contributed by atoms with E-state index in [0.29, 0.717) is 13.2 Å². The Labute approximate surface area is 128 Å². The third-order valence-corrected chi connectivity index (χ3v) is 4.21. The highest BCUT2D eigenvalue weighted by molar-refractivity contribution is 5.39. The summed E-state index contributed by atoms with van der Waals surface area (Å²) < 4.78 is 5.83. The van der Waals surface area contributed by atoms with Gasteiger partial charge in [-0.2, -0.15) is 0 Å². The second kappa shape index (κ2) is 7.78. The fraction of sp³-hybridized carbons (Fsp3) is 0.647. The van der Waals surface area contributed by atoms with E-state index in [1.54, 1.807) is 0 Å². The second-order valence-electron chi connectivity index (χ2n) is 5.92. The Balaban J connectivity index is 1.76. The highest BCUT2D eigenvalue weighted by atomic mass is 16.5. The van der Waals surface area contributed by atoms with E-state index >= 15 is 0 Å². The van der Waals surface area contributed by atoms with E-state index in [-0.39, 0.29) is 0 Å². The van der Waals surface area contributed by atoms with Crippen molar-refractivity contribution in [3.8, 4) is 5.75 Å². The Bertz CT molecular complexity index is 422. The lowest BCUT2D eigenvalue weighted by Crippen LogP contribution is -2.49. The number of aliphatic hydroxyl groups is 1. The van der Waals surface area contributed by atoms with Gasteiger partial charge in [0.05, 0.1) is 0 Å². The van der Waals surface area contributed by atoms with Crippen molar-refractivity contribution in [3.63, 3.8) is 0 Å². The number of ether oxygens (including phenoxy) is 1. The molecule has 21 heavy (non-hydrogen) atoms. The predicted octanol–water partition coefficient (Wildman–Crippen LogP) is 1.68. The first-order valence-corrected chi connectivity index (χ1v) is 7.92. The average Bonchev–Trinajstić information content (AvgIpc) is 2.47. The summed E-state index contributed by atoms with van der Waals surface area (Å²) in [6, 6.07) is 6.11. The molecule has 4 heteroatoms. The number of nitrogens with zero attached hydrogens (tertiary/aromatic N) is 2. The van der Waals surface area contributed by atoms with Gasteiger partial charge in [-0.25, -0.2) is 0 Å². The Kier molecular flexibility index (Phi) is 6.03. The highest BCUT2D eigenvalue weighted by Gasteiger charge is 2.18. The molecule has 0 bridgehead atoms. The van der Waals surface area contributed by atoms with Crippen LogP contribution in [0.1, 0.15) is 18.1 Å². The summed E-state index contributed by atoms with van der Waals surface area (Å²) in [7, 11) is 0. The van der Waals surface area contributed by atoms with Crippen molar-refractivity contribution in [2.75, 3.05) is 45.9 Å². The van der Waals surface area contributed by atoms with Gasteiger partial charge >= 0.3 is 0 Å². The number of aliphatic hydroxyl groups excluding tert-OH is 1. The first-order valence-electron chi connectivity index (χ1n) is 7.92. The van der Waals surface area contributed by atoms with E-state index in [1.165, 1.54) is 0 Å². The van der Waals surface area contributed by atoms with Crippen LogP contribution < -0.4 is 4.74 Å². The fourth-order valence-corrected chi connectivity index (χ4v) is 2.85. The third kappa shape index (κ3) is 4.70. The van der Waals surface area contributed by atoms with E-state index in [9.17, 15) is 5.11 Å². The molecule has 1 heterocycles. The van der Waals surface area contributed by atoms with Crippen LogP contribution in [0, 0.1) is 13.8 Å². The van der Waals surface area contributed by atoms with Gasteiger partial charge in [-0.05, 0) is 31.5 Å². The van der Waals surface area contributed by atoms with Crippen molar-refractivity contribution in [1.82, 2.24) is 9.80 Å². The van der Waals surface area contributed by atoms with Gasteiger partial charge in [-0.3, -0.25) is 4.90 Å². The zero-order valence-corrected chi connectivity index (χ0v) is 13.5. The van der Waals surface area contributed by atoms with Gasteiger partial charge < -0.3 is 14.7 Å². The maximum absolute atomic E-state index is 10.2. The summed E-state index contributed by atoms with van der Waals surface area (Å²) in [5, 5.41) is 10.2. The molecule has 0 amide bonds. The molecule has 0 aliphatic carbocycles. The topological polar surface area (TPSA) is 35.9 Å². The first-order chi connectivity index (χ1) is 10.1. The van der Waals surface area contributed by atoms with Crippen LogP contribution in [0.25, 0.3) is 0 Å². The van der Waals surface area contributed by atoms with E-state index < -0.39 is 6.10 Å². The third-order valence-electron chi connectivity index (χ3n) is 4.21. The van der Waals surface area contributed by atoms with Crippen molar-refractivity contribution < 1.29 is 9.84 Å². The molecule has 1 fully saturated rings. The minimum absolute atomic E-state index is 0.361. The molecular weight excluding hydrogens is 264 g/mol. The number of rotatable bonds is 6. The Morgan fingerprint density at radius 2 is 1.67 bits per heavy atom. The number of piperazine rings is 1. The first kappa shape index (κ1) is 16.3. The minimum atomic E-state index is -0.433. The standard InChI is InChI=1S/C17H28N2O2/c1-4-18-8-10-19(11-9-18)12-16(20)13-21-17-14(2)6-5-7-15(17)3/h5-7,16,20H,4,8-13H2,1-3H3. The van der Waals surface area contributed by atoms with Crippen LogP contribution in [0.3, 0.4) is 0 Å². The van der Waals surface area contributed by atoms with E-state index in [0.717, 1.165) is 49.6 Å². The van der Waals surface area contributed by atoms with Crippen LogP contribution in [0.5, 0.6) is 5.75 Å². The summed E-state index contributed by atoms with van der Waals surface area (Å²) in [6.45, 7) is 12.7. The number of aryl methyl sites for hydroxylation is 2. The number of para-hydroxylation sites is 1. The molecule has 118 valence electrons. The van der Waals surface area contributed by atoms with Crippen LogP contribution in [0.4, 0.5) is 0 Å². The van der Waals surface area contributed by atoms with Crippen LogP contribution >= 0.6 is 0 Å². The summed E-state index contributed by atoms with van der Waals surface area (Å²) in [5.74, 6) is 0.910. The predicted molar refractivity (Wildman–Crippen MR) is 86.0 cm³/mol. The van der Waals surface area contributed by atoms with Gasteiger partial charge in [-0.1, -0.05) is 25.1 Å². The molecule has 1 N–H and O–H groups in total. The van der Waals surface area contributed by atoms with Gasteiger partial charge in [0.25, 0.3) is 0 Å². The summed E-state index contributed by atoms with van der Waals surface area (Å²) in [4.78, 5) is 4.76. The van der Waals surface area contributed by atoms with E-state index in [1.807, 2.05) is 32.0 Å². The lowest BCUT2D eigenvalue weighted by Gasteiger charge is -2.34. The zero-order chi connectivity index (χ0) is 15.2. The van der Waals surface area contributed by atoms with Gasteiger partial charge in [0.1, 0.15) is 18.5 Å². The van der Waals surface area contributed by atoms with Gasteiger partial charge in [0, 0.05) is 32.7 Å². The maximum Gasteiger partial charge on any atom is 0.125 e. The number of benzene rings is 1. The summed E-state index contributed by atoms with van der Waals surface area (Å²) >= 11 is 0.